The third-order valence-electron chi connectivity index (χ3n) is 3.70. The van der Waals surface area contributed by atoms with Crippen molar-refractivity contribution in [2.75, 3.05) is 16.8 Å². The molecular weight excluding hydrogens is 340 g/mol. The Kier molecular flexibility index (Phi) is 5.93. The normalized spacial score (nSPS) is 10.2. The molecule has 2 rings (SSSR count). The molecule has 0 aromatic heterocycles. The molecule has 0 atom stereocenters. The zero-order chi connectivity index (χ0) is 18.6. The standard InChI is InChI=1S/C19H19ClN2O3/c1-12-7-8-17(10-18(12)20)22(14(3)24)11-19(25)21-16-6-4-5-15(9-16)13(2)23/h4-10H,11H2,1-3H3,(H,21,25). The molecule has 0 saturated heterocycles. The molecule has 0 unspecified atom stereocenters. The van der Waals surface area contributed by atoms with Crippen molar-refractivity contribution in [2.24, 2.45) is 0 Å². The average Bonchev–Trinajstić information content (AvgIpc) is 2.55. The predicted molar refractivity (Wildman–Crippen MR) is 99.3 cm³/mol. The Morgan fingerprint density at radius 1 is 1.08 bits per heavy atom. The molecule has 0 spiro atoms. The van der Waals surface area contributed by atoms with Crippen LogP contribution >= 0.6 is 11.6 Å². The van der Waals surface area contributed by atoms with E-state index in [1.54, 1.807) is 42.5 Å². The summed E-state index contributed by atoms with van der Waals surface area (Å²) >= 11 is 6.11. The molecule has 0 bridgehead atoms. The molecule has 0 heterocycles. The zero-order valence-corrected chi connectivity index (χ0v) is 15.1. The maximum atomic E-state index is 12.3. The monoisotopic (exact) mass is 358 g/mol. The highest BCUT2D eigenvalue weighted by atomic mass is 35.5. The maximum Gasteiger partial charge on any atom is 0.244 e. The van der Waals surface area contributed by atoms with E-state index in [-0.39, 0.29) is 24.1 Å². The van der Waals surface area contributed by atoms with Gasteiger partial charge in [-0.2, -0.15) is 0 Å². The van der Waals surface area contributed by atoms with Crippen LogP contribution in [0.15, 0.2) is 42.5 Å². The number of nitrogens with one attached hydrogen (secondary N) is 1. The van der Waals surface area contributed by atoms with E-state index in [9.17, 15) is 14.4 Å². The van der Waals surface area contributed by atoms with Crippen molar-refractivity contribution in [3.8, 4) is 0 Å². The summed E-state index contributed by atoms with van der Waals surface area (Å²) in [6.07, 6.45) is 0. The summed E-state index contributed by atoms with van der Waals surface area (Å²) in [6.45, 7) is 4.55. The van der Waals surface area contributed by atoms with E-state index >= 15 is 0 Å². The zero-order valence-electron chi connectivity index (χ0n) is 14.3. The number of halogens is 1. The molecule has 0 radical (unpaired) electrons. The summed E-state index contributed by atoms with van der Waals surface area (Å²) in [5.74, 6) is -0.726. The van der Waals surface area contributed by atoms with Crippen LogP contribution in [0.2, 0.25) is 5.02 Å². The molecule has 5 nitrogen and oxygen atoms in total. The third kappa shape index (κ3) is 4.90. The van der Waals surface area contributed by atoms with E-state index in [2.05, 4.69) is 5.32 Å². The predicted octanol–water partition coefficient (Wildman–Crippen LogP) is 3.84. The fourth-order valence-electron chi connectivity index (χ4n) is 2.29. The minimum Gasteiger partial charge on any atom is -0.325 e. The molecule has 25 heavy (non-hydrogen) atoms. The molecule has 0 aliphatic rings. The van der Waals surface area contributed by atoms with Crippen LogP contribution in [0, 0.1) is 6.92 Å². The van der Waals surface area contributed by atoms with Crippen molar-refractivity contribution in [1.29, 1.82) is 0 Å². The smallest absolute Gasteiger partial charge is 0.244 e. The van der Waals surface area contributed by atoms with Crippen molar-refractivity contribution in [3.05, 3.63) is 58.6 Å². The van der Waals surface area contributed by atoms with Gasteiger partial charge in [0, 0.05) is 28.9 Å². The highest BCUT2D eigenvalue weighted by Gasteiger charge is 2.17. The van der Waals surface area contributed by atoms with Crippen molar-refractivity contribution in [3.63, 3.8) is 0 Å². The highest BCUT2D eigenvalue weighted by Crippen LogP contribution is 2.23. The summed E-state index contributed by atoms with van der Waals surface area (Å²) in [7, 11) is 0. The van der Waals surface area contributed by atoms with E-state index in [4.69, 9.17) is 11.6 Å². The molecule has 6 heteroatoms. The first-order valence-electron chi connectivity index (χ1n) is 7.73. The number of amides is 2. The van der Waals surface area contributed by atoms with Crippen molar-refractivity contribution < 1.29 is 14.4 Å². The number of hydrogen-bond donors (Lipinski definition) is 1. The average molecular weight is 359 g/mol. The Morgan fingerprint density at radius 2 is 1.80 bits per heavy atom. The van der Waals surface area contributed by atoms with Crippen molar-refractivity contribution in [2.45, 2.75) is 20.8 Å². The van der Waals surface area contributed by atoms with Crippen LogP contribution in [0.3, 0.4) is 0 Å². The van der Waals surface area contributed by atoms with Gasteiger partial charge in [-0.3, -0.25) is 14.4 Å². The van der Waals surface area contributed by atoms with E-state index in [1.165, 1.54) is 18.7 Å². The largest absolute Gasteiger partial charge is 0.325 e. The van der Waals surface area contributed by atoms with Crippen LogP contribution in [-0.4, -0.2) is 24.1 Å². The summed E-state index contributed by atoms with van der Waals surface area (Å²) in [5, 5.41) is 3.23. The Balaban J connectivity index is 2.15. The lowest BCUT2D eigenvalue weighted by Gasteiger charge is -2.21. The summed E-state index contributed by atoms with van der Waals surface area (Å²) < 4.78 is 0. The second kappa shape index (κ2) is 7.94. The molecule has 0 saturated carbocycles. The topological polar surface area (TPSA) is 66.5 Å². The van der Waals surface area contributed by atoms with E-state index in [0.29, 0.717) is 22.0 Å². The van der Waals surface area contributed by atoms with Gasteiger partial charge in [-0.25, -0.2) is 0 Å². The van der Waals surface area contributed by atoms with Gasteiger partial charge in [0.1, 0.15) is 6.54 Å². The SMILES string of the molecule is CC(=O)c1cccc(NC(=O)CN(C(C)=O)c2ccc(C)c(Cl)c2)c1. The van der Waals surface area contributed by atoms with E-state index in [0.717, 1.165) is 5.56 Å². The first-order valence-corrected chi connectivity index (χ1v) is 8.11. The van der Waals surface area contributed by atoms with Gasteiger partial charge in [0.25, 0.3) is 0 Å². The second-order valence-corrected chi connectivity index (χ2v) is 6.13. The van der Waals surface area contributed by atoms with Crippen molar-refractivity contribution in [1.82, 2.24) is 0 Å². The van der Waals surface area contributed by atoms with Crippen molar-refractivity contribution >= 4 is 40.6 Å². The fraction of sp³-hybridized carbons (Fsp3) is 0.211. The number of carbonyl (C=O) groups is 3. The van der Waals surface area contributed by atoms with Crippen LogP contribution in [0.25, 0.3) is 0 Å². The number of benzene rings is 2. The second-order valence-electron chi connectivity index (χ2n) is 5.72. The number of ketones is 1. The Morgan fingerprint density at radius 3 is 2.40 bits per heavy atom. The molecule has 2 aromatic rings. The van der Waals surface area contributed by atoms with Gasteiger partial charge in [0.15, 0.2) is 5.78 Å². The Bertz CT molecular complexity index is 833. The number of hydrogen-bond acceptors (Lipinski definition) is 3. The van der Waals surface area contributed by atoms with Crippen LogP contribution in [0.5, 0.6) is 0 Å². The number of rotatable bonds is 5. The lowest BCUT2D eigenvalue weighted by atomic mass is 10.1. The minimum absolute atomic E-state index is 0.0873. The lowest BCUT2D eigenvalue weighted by Crippen LogP contribution is -2.36. The number of carbonyl (C=O) groups excluding carboxylic acids is 3. The van der Waals surface area contributed by atoms with Crippen LogP contribution in [-0.2, 0) is 9.59 Å². The molecule has 0 aliphatic carbocycles. The first kappa shape index (κ1) is 18.7. The number of nitrogens with zero attached hydrogens (tertiary/aromatic N) is 1. The number of aryl methyl sites for hydroxylation is 1. The number of anilines is 2. The summed E-state index contributed by atoms with van der Waals surface area (Å²) in [5.41, 5.74) is 2.45. The van der Waals surface area contributed by atoms with Crippen LogP contribution in [0.1, 0.15) is 29.8 Å². The molecule has 0 fully saturated rings. The van der Waals surface area contributed by atoms with Gasteiger partial charge in [-0.05, 0) is 43.7 Å². The minimum atomic E-state index is -0.368. The lowest BCUT2D eigenvalue weighted by molar-refractivity contribution is -0.120. The van der Waals surface area contributed by atoms with Gasteiger partial charge in [-0.1, -0.05) is 29.8 Å². The van der Waals surface area contributed by atoms with Gasteiger partial charge < -0.3 is 10.2 Å². The van der Waals surface area contributed by atoms with E-state index in [1.807, 2.05) is 6.92 Å². The van der Waals surface area contributed by atoms with E-state index < -0.39 is 0 Å². The summed E-state index contributed by atoms with van der Waals surface area (Å²) in [4.78, 5) is 37.0. The molecule has 2 amide bonds. The van der Waals surface area contributed by atoms with Crippen LogP contribution in [0.4, 0.5) is 11.4 Å². The molecule has 2 aromatic carbocycles. The van der Waals surface area contributed by atoms with Gasteiger partial charge in [0.05, 0.1) is 0 Å². The summed E-state index contributed by atoms with van der Waals surface area (Å²) in [6, 6.07) is 11.8. The maximum absolute atomic E-state index is 12.3. The molecule has 1 N–H and O–H groups in total. The molecule has 0 aliphatic heterocycles. The molecular formula is C19H19ClN2O3. The third-order valence-corrected chi connectivity index (χ3v) is 4.11. The Labute approximate surface area is 151 Å². The van der Waals surface area contributed by atoms with Gasteiger partial charge in [-0.15, -0.1) is 0 Å². The quantitative estimate of drug-likeness (QED) is 0.826. The van der Waals surface area contributed by atoms with Crippen LogP contribution < -0.4 is 10.2 Å². The van der Waals surface area contributed by atoms with Gasteiger partial charge >= 0.3 is 0 Å². The highest BCUT2D eigenvalue weighted by molar-refractivity contribution is 6.31. The molecule has 130 valence electrons. The number of Topliss-reactive ketones (excluding diaryl/α,β-unsaturated/α-hetero) is 1. The Hall–Kier alpha value is -2.66. The fourth-order valence-corrected chi connectivity index (χ4v) is 2.47. The first-order chi connectivity index (χ1) is 11.8. The van der Waals surface area contributed by atoms with Gasteiger partial charge in [0.2, 0.25) is 11.8 Å².